The predicted molar refractivity (Wildman–Crippen MR) is 99.4 cm³/mol. The average Bonchev–Trinajstić information content (AvgIpc) is 3.23. The monoisotopic (exact) mass is 367 g/mol. The SMILES string of the molecule is Cc1c2c(-c3ccc(S(C)(=O)=O)cc3)cc(-c3cn[nH]c3)nc2nn1C. The zero-order valence-electron chi connectivity index (χ0n) is 14.6. The number of pyridine rings is 1. The summed E-state index contributed by atoms with van der Waals surface area (Å²) in [4.78, 5) is 4.95. The van der Waals surface area contributed by atoms with E-state index in [1.54, 1.807) is 29.2 Å². The third-order valence-corrected chi connectivity index (χ3v) is 5.61. The van der Waals surface area contributed by atoms with Crippen LogP contribution in [0.25, 0.3) is 33.4 Å². The number of nitrogens with one attached hydrogen (secondary N) is 1. The molecule has 26 heavy (non-hydrogen) atoms. The summed E-state index contributed by atoms with van der Waals surface area (Å²) in [7, 11) is -1.35. The summed E-state index contributed by atoms with van der Waals surface area (Å²) >= 11 is 0. The van der Waals surface area contributed by atoms with Gasteiger partial charge in [-0.15, -0.1) is 0 Å². The molecule has 1 aromatic carbocycles. The van der Waals surface area contributed by atoms with Gasteiger partial charge in [0, 0.05) is 36.1 Å². The summed E-state index contributed by atoms with van der Waals surface area (Å²) in [6, 6.07) is 8.87. The van der Waals surface area contributed by atoms with Gasteiger partial charge in [-0.3, -0.25) is 9.78 Å². The van der Waals surface area contributed by atoms with Crippen LogP contribution in [0.3, 0.4) is 0 Å². The molecular formula is C18H17N5O2S. The first kappa shape index (κ1) is 16.5. The molecule has 0 aliphatic carbocycles. The molecule has 0 aliphatic heterocycles. The highest BCUT2D eigenvalue weighted by Gasteiger charge is 2.16. The van der Waals surface area contributed by atoms with Gasteiger partial charge in [0.25, 0.3) is 0 Å². The van der Waals surface area contributed by atoms with Crippen LogP contribution in [-0.2, 0) is 16.9 Å². The third kappa shape index (κ3) is 2.68. The topological polar surface area (TPSA) is 93.5 Å². The Hall–Kier alpha value is -3.00. The van der Waals surface area contributed by atoms with Crippen molar-refractivity contribution < 1.29 is 8.42 Å². The molecule has 0 aliphatic rings. The normalized spacial score (nSPS) is 12.0. The minimum atomic E-state index is -3.23. The number of H-pyrrole nitrogens is 1. The van der Waals surface area contributed by atoms with Crippen molar-refractivity contribution in [2.24, 2.45) is 7.05 Å². The van der Waals surface area contributed by atoms with Crippen molar-refractivity contribution in [2.45, 2.75) is 11.8 Å². The number of benzene rings is 1. The maximum absolute atomic E-state index is 11.7. The van der Waals surface area contributed by atoms with E-state index in [4.69, 9.17) is 0 Å². The number of aromatic nitrogens is 5. The molecule has 0 unspecified atom stereocenters. The van der Waals surface area contributed by atoms with Gasteiger partial charge in [0.15, 0.2) is 15.5 Å². The van der Waals surface area contributed by atoms with Gasteiger partial charge < -0.3 is 0 Å². The quantitative estimate of drug-likeness (QED) is 0.601. The van der Waals surface area contributed by atoms with Crippen LogP contribution >= 0.6 is 0 Å². The van der Waals surface area contributed by atoms with E-state index in [1.165, 1.54) is 6.26 Å². The minimum Gasteiger partial charge on any atom is -0.285 e. The number of rotatable bonds is 3. The number of aromatic amines is 1. The Morgan fingerprint density at radius 2 is 1.85 bits per heavy atom. The second kappa shape index (κ2) is 5.77. The molecule has 132 valence electrons. The van der Waals surface area contributed by atoms with E-state index in [2.05, 4.69) is 20.3 Å². The fourth-order valence-electron chi connectivity index (χ4n) is 2.99. The number of fused-ring (bicyclic) bond motifs is 1. The van der Waals surface area contributed by atoms with Crippen molar-refractivity contribution in [2.75, 3.05) is 6.26 Å². The van der Waals surface area contributed by atoms with E-state index in [0.717, 1.165) is 33.5 Å². The Kier molecular flexibility index (Phi) is 3.66. The number of aryl methyl sites for hydroxylation is 2. The fourth-order valence-corrected chi connectivity index (χ4v) is 3.62. The Bertz CT molecular complexity index is 1210. The highest BCUT2D eigenvalue weighted by atomic mass is 32.2. The third-order valence-electron chi connectivity index (χ3n) is 4.48. The second-order valence-corrected chi connectivity index (χ2v) is 8.26. The Balaban J connectivity index is 1.98. The zero-order chi connectivity index (χ0) is 18.5. The van der Waals surface area contributed by atoms with Crippen molar-refractivity contribution in [3.05, 3.63) is 48.4 Å². The van der Waals surface area contributed by atoms with Crippen LogP contribution in [-0.4, -0.2) is 39.6 Å². The average molecular weight is 367 g/mol. The van der Waals surface area contributed by atoms with E-state index in [9.17, 15) is 8.42 Å². The molecule has 0 saturated heterocycles. The van der Waals surface area contributed by atoms with Crippen LogP contribution in [0.1, 0.15) is 5.69 Å². The largest absolute Gasteiger partial charge is 0.285 e. The lowest BCUT2D eigenvalue weighted by molar-refractivity contribution is 0.602. The maximum atomic E-state index is 11.7. The van der Waals surface area contributed by atoms with Crippen molar-refractivity contribution in [1.29, 1.82) is 0 Å². The van der Waals surface area contributed by atoms with Gasteiger partial charge >= 0.3 is 0 Å². The molecule has 7 nitrogen and oxygen atoms in total. The second-order valence-electron chi connectivity index (χ2n) is 6.25. The fraction of sp³-hybridized carbons (Fsp3) is 0.167. The first-order chi connectivity index (χ1) is 12.3. The van der Waals surface area contributed by atoms with Crippen molar-refractivity contribution in [1.82, 2.24) is 25.0 Å². The molecular weight excluding hydrogens is 350 g/mol. The van der Waals surface area contributed by atoms with Gasteiger partial charge in [-0.1, -0.05) is 12.1 Å². The number of sulfone groups is 1. The van der Waals surface area contributed by atoms with Crippen LogP contribution in [0.15, 0.2) is 47.6 Å². The summed E-state index contributed by atoms with van der Waals surface area (Å²) in [5, 5.41) is 12.2. The van der Waals surface area contributed by atoms with Gasteiger partial charge in [-0.2, -0.15) is 10.2 Å². The molecule has 0 saturated carbocycles. The zero-order valence-corrected chi connectivity index (χ0v) is 15.4. The molecule has 0 radical (unpaired) electrons. The molecule has 0 amide bonds. The van der Waals surface area contributed by atoms with E-state index in [-0.39, 0.29) is 0 Å². The molecule has 0 bridgehead atoms. The minimum absolute atomic E-state index is 0.296. The standard InChI is InChI=1S/C18H17N5O2S/c1-11-17-15(12-4-6-14(7-5-12)26(3,24)25)8-16(13-9-19-20-10-13)21-18(17)22-23(11)2/h4-10H,1-3H3,(H,19,20). The number of hydrogen-bond acceptors (Lipinski definition) is 5. The lowest BCUT2D eigenvalue weighted by Gasteiger charge is -2.08. The molecule has 0 spiro atoms. The maximum Gasteiger partial charge on any atom is 0.182 e. The van der Waals surface area contributed by atoms with Crippen LogP contribution in [0, 0.1) is 6.92 Å². The highest BCUT2D eigenvalue weighted by molar-refractivity contribution is 7.90. The van der Waals surface area contributed by atoms with Crippen LogP contribution in [0.5, 0.6) is 0 Å². The summed E-state index contributed by atoms with van der Waals surface area (Å²) in [5.41, 5.74) is 5.12. The smallest absolute Gasteiger partial charge is 0.182 e. The van der Waals surface area contributed by atoms with E-state index in [1.807, 2.05) is 32.2 Å². The van der Waals surface area contributed by atoms with Crippen molar-refractivity contribution >= 4 is 20.9 Å². The predicted octanol–water partition coefficient (Wildman–Crippen LogP) is 2.74. The summed E-state index contributed by atoms with van der Waals surface area (Å²) in [6.45, 7) is 1.99. The summed E-state index contributed by atoms with van der Waals surface area (Å²) in [5.74, 6) is 0. The van der Waals surface area contributed by atoms with Crippen LogP contribution in [0.2, 0.25) is 0 Å². The molecule has 1 N–H and O–H groups in total. The van der Waals surface area contributed by atoms with E-state index in [0.29, 0.717) is 10.5 Å². The molecule has 3 aromatic heterocycles. The van der Waals surface area contributed by atoms with Crippen molar-refractivity contribution in [3.8, 4) is 22.4 Å². The van der Waals surface area contributed by atoms with Crippen LogP contribution < -0.4 is 0 Å². The first-order valence-electron chi connectivity index (χ1n) is 7.98. The summed E-state index contributed by atoms with van der Waals surface area (Å²) in [6.07, 6.45) is 4.69. The molecule has 8 heteroatoms. The van der Waals surface area contributed by atoms with Crippen LogP contribution in [0.4, 0.5) is 0 Å². The van der Waals surface area contributed by atoms with Gasteiger partial charge in [0.2, 0.25) is 0 Å². The highest BCUT2D eigenvalue weighted by Crippen LogP contribution is 2.33. The number of hydrogen-bond donors (Lipinski definition) is 1. The lowest BCUT2D eigenvalue weighted by atomic mass is 10.00. The first-order valence-corrected chi connectivity index (χ1v) is 9.88. The molecule has 4 aromatic rings. The van der Waals surface area contributed by atoms with E-state index < -0.39 is 9.84 Å². The molecule has 0 atom stereocenters. The molecule has 0 fully saturated rings. The van der Waals surface area contributed by atoms with Gasteiger partial charge in [-0.25, -0.2) is 13.4 Å². The van der Waals surface area contributed by atoms with Gasteiger partial charge in [-0.05, 0) is 36.2 Å². The molecule has 4 rings (SSSR count). The van der Waals surface area contributed by atoms with Gasteiger partial charge in [0.05, 0.1) is 16.8 Å². The Labute approximate surface area is 150 Å². The Morgan fingerprint density at radius 1 is 1.12 bits per heavy atom. The molecule has 3 heterocycles. The van der Waals surface area contributed by atoms with E-state index >= 15 is 0 Å². The number of nitrogens with zero attached hydrogens (tertiary/aromatic N) is 4. The summed E-state index contributed by atoms with van der Waals surface area (Å²) < 4.78 is 25.2. The van der Waals surface area contributed by atoms with Gasteiger partial charge in [0.1, 0.15) is 0 Å². The Morgan fingerprint density at radius 3 is 2.46 bits per heavy atom. The lowest BCUT2D eigenvalue weighted by Crippen LogP contribution is -1.96. The van der Waals surface area contributed by atoms with Crippen molar-refractivity contribution in [3.63, 3.8) is 0 Å².